The molecule has 0 fully saturated rings. The topological polar surface area (TPSA) is 0 Å². The Labute approximate surface area is 118 Å². The monoisotopic (exact) mass is 264 g/mol. The van der Waals surface area contributed by atoms with Gasteiger partial charge < -0.3 is 0 Å². The first-order valence-corrected chi connectivity index (χ1v) is 7.67. The molecule has 0 unspecified atom stereocenters. The first-order valence-electron chi connectivity index (χ1n) is 6.52. The summed E-state index contributed by atoms with van der Waals surface area (Å²) in [5.41, 5.74) is 2.83. The van der Waals surface area contributed by atoms with E-state index in [1.807, 2.05) is 11.8 Å². The zero-order valence-electron chi connectivity index (χ0n) is 10.8. The lowest BCUT2D eigenvalue weighted by atomic mass is 10.1. The van der Waals surface area contributed by atoms with Crippen molar-refractivity contribution in [1.82, 2.24) is 0 Å². The molecule has 94 valence electrons. The fourth-order valence-corrected chi connectivity index (χ4v) is 3.27. The standard InChI is InChI=1S/C18H16S/c1-2-7-15(8-3-1)13-19-14-17-11-6-10-16-9-4-5-12-18(16)17/h1-12H,13-14H2. The highest BCUT2D eigenvalue weighted by molar-refractivity contribution is 7.97. The highest BCUT2D eigenvalue weighted by Gasteiger charge is 2.00. The molecule has 0 amide bonds. The van der Waals surface area contributed by atoms with Gasteiger partial charge in [-0.15, -0.1) is 0 Å². The van der Waals surface area contributed by atoms with Gasteiger partial charge in [-0.05, 0) is 21.9 Å². The Hall–Kier alpha value is -1.73. The van der Waals surface area contributed by atoms with Crippen LogP contribution in [0.4, 0.5) is 0 Å². The molecular formula is C18H16S. The molecule has 0 aliphatic rings. The smallest absolute Gasteiger partial charge is 0.0194 e. The van der Waals surface area contributed by atoms with E-state index in [9.17, 15) is 0 Å². The molecule has 0 aromatic heterocycles. The molecule has 0 spiro atoms. The van der Waals surface area contributed by atoms with Crippen molar-refractivity contribution < 1.29 is 0 Å². The van der Waals surface area contributed by atoms with Crippen molar-refractivity contribution in [1.29, 1.82) is 0 Å². The van der Waals surface area contributed by atoms with Gasteiger partial charge in [0.05, 0.1) is 0 Å². The largest absolute Gasteiger partial charge is 0.152 e. The molecule has 3 rings (SSSR count). The Kier molecular flexibility index (Phi) is 3.85. The quantitative estimate of drug-likeness (QED) is 0.618. The van der Waals surface area contributed by atoms with E-state index < -0.39 is 0 Å². The van der Waals surface area contributed by atoms with Gasteiger partial charge in [0, 0.05) is 11.5 Å². The number of fused-ring (bicyclic) bond motifs is 1. The second kappa shape index (κ2) is 5.94. The number of benzene rings is 3. The molecule has 0 atom stereocenters. The van der Waals surface area contributed by atoms with Crippen LogP contribution in [0, 0.1) is 0 Å². The van der Waals surface area contributed by atoms with Gasteiger partial charge in [0.2, 0.25) is 0 Å². The minimum atomic E-state index is 1.07. The van der Waals surface area contributed by atoms with Crippen LogP contribution in [-0.4, -0.2) is 0 Å². The van der Waals surface area contributed by atoms with E-state index >= 15 is 0 Å². The van der Waals surface area contributed by atoms with Crippen molar-refractivity contribution >= 4 is 22.5 Å². The van der Waals surface area contributed by atoms with Crippen molar-refractivity contribution in [2.24, 2.45) is 0 Å². The Morgan fingerprint density at radius 1 is 0.632 bits per heavy atom. The molecule has 0 N–H and O–H groups in total. The zero-order valence-corrected chi connectivity index (χ0v) is 11.6. The summed E-state index contributed by atoms with van der Waals surface area (Å²) in [5, 5.41) is 2.71. The molecule has 0 bridgehead atoms. The third kappa shape index (κ3) is 2.99. The van der Waals surface area contributed by atoms with Gasteiger partial charge in [-0.2, -0.15) is 11.8 Å². The Bertz CT molecular complexity index is 653. The molecular weight excluding hydrogens is 248 g/mol. The molecule has 3 aromatic rings. The fraction of sp³-hybridized carbons (Fsp3) is 0.111. The van der Waals surface area contributed by atoms with E-state index in [1.165, 1.54) is 21.9 Å². The van der Waals surface area contributed by atoms with Crippen LogP contribution in [0.1, 0.15) is 11.1 Å². The van der Waals surface area contributed by atoms with Gasteiger partial charge in [0.1, 0.15) is 0 Å². The summed E-state index contributed by atoms with van der Waals surface area (Å²) in [6, 6.07) is 25.8. The van der Waals surface area contributed by atoms with Crippen LogP contribution in [0.25, 0.3) is 10.8 Å². The van der Waals surface area contributed by atoms with Crippen molar-refractivity contribution in [3.63, 3.8) is 0 Å². The summed E-state index contributed by atoms with van der Waals surface area (Å²) < 4.78 is 0. The minimum absolute atomic E-state index is 1.07. The zero-order chi connectivity index (χ0) is 12.9. The van der Waals surface area contributed by atoms with Crippen LogP contribution < -0.4 is 0 Å². The Balaban J connectivity index is 1.72. The number of hydrogen-bond acceptors (Lipinski definition) is 1. The summed E-state index contributed by atoms with van der Waals surface area (Å²) in [4.78, 5) is 0. The molecule has 0 aliphatic heterocycles. The SMILES string of the molecule is c1ccc(CSCc2cccc3ccccc23)cc1. The maximum Gasteiger partial charge on any atom is 0.0194 e. The lowest BCUT2D eigenvalue weighted by Gasteiger charge is -2.06. The Morgan fingerprint density at radius 3 is 2.26 bits per heavy atom. The van der Waals surface area contributed by atoms with Gasteiger partial charge in [0.15, 0.2) is 0 Å². The normalized spacial score (nSPS) is 10.7. The predicted octanol–water partition coefficient (Wildman–Crippen LogP) is 5.27. The maximum atomic E-state index is 2.24. The van der Waals surface area contributed by atoms with Crippen LogP contribution in [-0.2, 0) is 11.5 Å². The minimum Gasteiger partial charge on any atom is -0.152 e. The lowest BCUT2D eigenvalue weighted by Crippen LogP contribution is -1.85. The van der Waals surface area contributed by atoms with E-state index in [0.717, 1.165) is 11.5 Å². The summed E-state index contributed by atoms with van der Waals surface area (Å²) in [6.07, 6.45) is 0. The molecule has 0 nitrogen and oxygen atoms in total. The van der Waals surface area contributed by atoms with Crippen molar-refractivity contribution in [2.75, 3.05) is 0 Å². The fourth-order valence-electron chi connectivity index (χ4n) is 2.27. The molecule has 0 saturated heterocycles. The summed E-state index contributed by atoms with van der Waals surface area (Å²) in [6.45, 7) is 0. The molecule has 0 heterocycles. The van der Waals surface area contributed by atoms with Crippen molar-refractivity contribution in [3.05, 3.63) is 83.9 Å². The van der Waals surface area contributed by atoms with Gasteiger partial charge >= 0.3 is 0 Å². The van der Waals surface area contributed by atoms with Gasteiger partial charge in [0.25, 0.3) is 0 Å². The molecule has 19 heavy (non-hydrogen) atoms. The van der Waals surface area contributed by atoms with Crippen LogP contribution in [0.15, 0.2) is 72.8 Å². The third-order valence-corrected chi connectivity index (χ3v) is 4.30. The summed E-state index contributed by atoms with van der Waals surface area (Å²) in [7, 11) is 0. The highest BCUT2D eigenvalue weighted by Crippen LogP contribution is 2.24. The molecule has 0 radical (unpaired) electrons. The second-order valence-electron chi connectivity index (χ2n) is 4.62. The number of thioether (sulfide) groups is 1. The molecule has 0 aliphatic carbocycles. The van der Waals surface area contributed by atoms with Crippen LogP contribution in [0.3, 0.4) is 0 Å². The van der Waals surface area contributed by atoms with Gasteiger partial charge in [-0.1, -0.05) is 72.8 Å². The lowest BCUT2D eigenvalue weighted by molar-refractivity contribution is 1.38. The first kappa shape index (κ1) is 12.3. The van der Waals surface area contributed by atoms with Crippen molar-refractivity contribution in [3.8, 4) is 0 Å². The highest BCUT2D eigenvalue weighted by atomic mass is 32.2. The van der Waals surface area contributed by atoms with Gasteiger partial charge in [-0.3, -0.25) is 0 Å². The molecule has 3 aromatic carbocycles. The van der Waals surface area contributed by atoms with Crippen molar-refractivity contribution in [2.45, 2.75) is 11.5 Å². The predicted molar refractivity (Wildman–Crippen MR) is 85.4 cm³/mol. The summed E-state index contributed by atoms with van der Waals surface area (Å²) >= 11 is 1.97. The first-order chi connectivity index (χ1) is 9.43. The second-order valence-corrected chi connectivity index (χ2v) is 5.60. The van der Waals surface area contributed by atoms with Crippen LogP contribution in [0.2, 0.25) is 0 Å². The average molecular weight is 264 g/mol. The van der Waals surface area contributed by atoms with E-state index in [-0.39, 0.29) is 0 Å². The number of hydrogen-bond donors (Lipinski definition) is 0. The van der Waals surface area contributed by atoms with E-state index in [4.69, 9.17) is 0 Å². The number of rotatable bonds is 4. The third-order valence-electron chi connectivity index (χ3n) is 3.25. The van der Waals surface area contributed by atoms with E-state index in [1.54, 1.807) is 0 Å². The molecule has 1 heteroatoms. The Morgan fingerprint density at radius 2 is 1.37 bits per heavy atom. The van der Waals surface area contributed by atoms with Crippen LogP contribution in [0.5, 0.6) is 0 Å². The molecule has 0 saturated carbocycles. The summed E-state index contributed by atoms with van der Waals surface area (Å²) in [5.74, 6) is 2.14. The average Bonchev–Trinajstić information content (AvgIpc) is 2.49. The maximum absolute atomic E-state index is 2.24. The van der Waals surface area contributed by atoms with Crippen LogP contribution >= 0.6 is 11.8 Å². The van der Waals surface area contributed by atoms with E-state index in [2.05, 4.69) is 72.8 Å². The van der Waals surface area contributed by atoms with Gasteiger partial charge in [-0.25, -0.2) is 0 Å². The van der Waals surface area contributed by atoms with E-state index in [0.29, 0.717) is 0 Å².